The van der Waals surface area contributed by atoms with Crippen LogP contribution in [0.4, 0.5) is 0 Å². The third-order valence-electron chi connectivity index (χ3n) is 3.92. The molecule has 2 rings (SSSR count). The Morgan fingerprint density at radius 1 is 1.26 bits per heavy atom. The first-order valence-corrected chi connectivity index (χ1v) is 8.69. The molecule has 1 aromatic carbocycles. The van der Waals surface area contributed by atoms with Crippen LogP contribution in [0.1, 0.15) is 50.2 Å². The Morgan fingerprint density at radius 2 is 2.05 bits per heavy atom. The molecule has 0 spiro atoms. The monoisotopic (exact) mass is 277 g/mol. The Bertz CT molecular complexity index is 371. The third-order valence-corrected chi connectivity index (χ3v) is 5.15. The summed E-state index contributed by atoms with van der Waals surface area (Å²) in [7, 11) is 0. The molecule has 1 nitrogen and oxygen atoms in total. The van der Waals surface area contributed by atoms with E-state index < -0.39 is 0 Å². The van der Waals surface area contributed by atoms with E-state index in [-0.39, 0.29) is 0 Å². The minimum absolute atomic E-state index is 0.697. The molecule has 1 saturated carbocycles. The highest BCUT2D eigenvalue weighted by atomic mass is 32.2. The van der Waals surface area contributed by atoms with Crippen molar-refractivity contribution < 1.29 is 0 Å². The predicted octanol–water partition coefficient (Wildman–Crippen LogP) is 4.54. The van der Waals surface area contributed by atoms with Crippen LogP contribution < -0.4 is 5.32 Å². The Balaban J connectivity index is 1.65. The maximum Gasteiger partial charge on any atom is 0.0187 e. The summed E-state index contributed by atoms with van der Waals surface area (Å²) in [5, 5.41) is 4.44. The molecule has 1 atom stereocenters. The van der Waals surface area contributed by atoms with E-state index in [1.165, 1.54) is 43.2 Å². The van der Waals surface area contributed by atoms with Gasteiger partial charge in [-0.1, -0.05) is 56.0 Å². The molecule has 2 heteroatoms. The van der Waals surface area contributed by atoms with Crippen molar-refractivity contribution in [1.82, 2.24) is 5.32 Å². The lowest BCUT2D eigenvalue weighted by Gasteiger charge is -2.24. The van der Waals surface area contributed by atoms with Crippen LogP contribution in [0.5, 0.6) is 0 Å². The van der Waals surface area contributed by atoms with Crippen molar-refractivity contribution in [3.05, 3.63) is 35.4 Å². The molecule has 1 aliphatic rings. The highest BCUT2D eigenvalue weighted by Gasteiger charge is 2.13. The van der Waals surface area contributed by atoms with Gasteiger partial charge in [-0.2, -0.15) is 11.8 Å². The first kappa shape index (κ1) is 14.9. The van der Waals surface area contributed by atoms with Crippen LogP contribution in [0.25, 0.3) is 0 Å². The summed E-state index contributed by atoms with van der Waals surface area (Å²) in [6.07, 6.45) is 7.05. The van der Waals surface area contributed by atoms with Gasteiger partial charge in [0.05, 0.1) is 0 Å². The van der Waals surface area contributed by atoms with E-state index in [0.29, 0.717) is 5.25 Å². The highest BCUT2D eigenvalue weighted by molar-refractivity contribution is 7.99. The van der Waals surface area contributed by atoms with Crippen molar-refractivity contribution >= 4 is 11.8 Å². The zero-order valence-electron chi connectivity index (χ0n) is 12.3. The molecule has 1 N–H and O–H groups in total. The van der Waals surface area contributed by atoms with Crippen molar-refractivity contribution in [2.45, 2.75) is 63.0 Å². The maximum absolute atomic E-state index is 3.75. The van der Waals surface area contributed by atoms with E-state index in [4.69, 9.17) is 0 Å². The summed E-state index contributed by atoms with van der Waals surface area (Å²) >= 11 is 2.06. The Hall–Kier alpha value is -0.470. The lowest BCUT2D eigenvalue weighted by Crippen LogP contribution is -2.35. The van der Waals surface area contributed by atoms with E-state index in [0.717, 1.165) is 18.3 Å². The smallest absolute Gasteiger partial charge is 0.0187 e. The zero-order chi connectivity index (χ0) is 13.5. The normalized spacial score (nSPS) is 18.4. The van der Waals surface area contributed by atoms with E-state index >= 15 is 0 Å². The van der Waals surface area contributed by atoms with Crippen molar-refractivity contribution in [1.29, 1.82) is 0 Å². The molecule has 1 unspecified atom stereocenters. The van der Waals surface area contributed by atoms with Gasteiger partial charge in [0, 0.05) is 23.6 Å². The average molecular weight is 277 g/mol. The molecule has 0 bridgehead atoms. The topological polar surface area (TPSA) is 12.0 Å². The van der Waals surface area contributed by atoms with Crippen LogP contribution in [0.15, 0.2) is 24.3 Å². The fourth-order valence-electron chi connectivity index (χ4n) is 2.74. The molecular weight excluding hydrogens is 250 g/mol. The number of rotatable bonds is 6. The van der Waals surface area contributed by atoms with Crippen molar-refractivity contribution in [3.63, 3.8) is 0 Å². The summed E-state index contributed by atoms with van der Waals surface area (Å²) < 4.78 is 0. The van der Waals surface area contributed by atoms with Gasteiger partial charge >= 0.3 is 0 Å². The van der Waals surface area contributed by atoms with Crippen LogP contribution in [0.3, 0.4) is 0 Å². The number of aryl methyl sites for hydroxylation is 1. The lowest BCUT2D eigenvalue weighted by molar-refractivity contribution is 0.375. The quantitative estimate of drug-likeness (QED) is 0.819. The van der Waals surface area contributed by atoms with Crippen LogP contribution >= 0.6 is 11.8 Å². The summed E-state index contributed by atoms with van der Waals surface area (Å²) in [6.45, 7) is 5.67. The molecule has 19 heavy (non-hydrogen) atoms. The maximum atomic E-state index is 3.75. The molecule has 106 valence electrons. The van der Waals surface area contributed by atoms with Crippen LogP contribution in [0.2, 0.25) is 0 Å². The van der Waals surface area contributed by atoms with Gasteiger partial charge in [-0.15, -0.1) is 0 Å². The number of nitrogens with one attached hydrogen (secondary N) is 1. The van der Waals surface area contributed by atoms with Gasteiger partial charge in [0.25, 0.3) is 0 Å². The first-order valence-electron chi connectivity index (χ1n) is 7.64. The molecule has 0 heterocycles. The zero-order valence-corrected chi connectivity index (χ0v) is 13.1. The number of thioether (sulfide) groups is 1. The lowest BCUT2D eigenvalue weighted by atomic mass is 9.95. The molecule has 0 amide bonds. The third kappa shape index (κ3) is 5.58. The molecule has 1 aromatic rings. The van der Waals surface area contributed by atoms with Crippen molar-refractivity contribution in [3.8, 4) is 0 Å². The van der Waals surface area contributed by atoms with E-state index in [9.17, 15) is 0 Å². The summed E-state index contributed by atoms with van der Waals surface area (Å²) in [6, 6.07) is 9.66. The summed E-state index contributed by atoms with van der Waals surface area (Å²) in [5.74, 6) is 1.13. The van der Waals surface area contributed by atoms with Gasteiger partial charge in [-0.25, -0.2) is 0 Å². The summed E-state index contributed by atoms with van der Waals surface area (Å²) in [5.41, 5.74) is 2.82. The summed E-state index contributed by atoms with van der Waals surface area (Å²) in [4.78, 5) is 0. The molecule has 1 fully saturated rings. The molecule has 0 radical (unpaired) electrons. The van der Waals surface area contributed by atoms with Gasteiger partial charge < -0.3 is 5.32 Å². The molecule has 0 saturated heterocycles. The number of hydrogen-bond acceptors (Lipinski definition) is 2. The highest BCUT2D eigenvalue weighted by Crippen LogP contribution is 2.20. The van der Waals surface area contributed by atoms with Gasteiger partial charge in [-0.3, -0.25) is 0 Å². The second kappa shape index (κ2) is 7.96. The first-order chi connectivity index (χ1) is 9.24. The predicted molar refractivity (Wildman–Crippen MR) is 86.8 cm³/mol. The SMILES string of the molecule is Cc1cccc(CSC(C)CNC2CCCCC2)c1. The Kier molecular flexibility index (Phi) is 6.25. The van der Waals surface area contributed by atoms with E-state index in [2.05, 4.69) is 55.2 Å². The molecule has 0 aliphatic heterocycles. The van der Waals surface area contributed by atoms with Crippen molar-refractivity contribution in [2.24, 2.45) is 0 Å². The largest absolute Gasteiger partial charge is 0.313 e. The van der Waals surface area contributed by atoms with Crippen LogP contribution in [-0.4, -0.2) is 17.8 Å². The number of hydrogen-bond donors (Lipinski definition) is 1. The number of benzene rings is 1. The standard InChI is InChI=1S/C17H27NS/c1-14-7-6-8-16(11-14)13-19-15(2)12-18-17-9-4-3-5-10-17/h6-8,11,15,17-18H,3-5,9-10,12-13H2,1-2H3. The fraction of sp³-hybridized carbons (Fsp3) is 0.647. The Morgan fingerprint density at radius 3 is 2.79 bits per heavy atom. The molecule has 0 aromatic heterocycles. The van der Waals surface area contributed by atoms with E-state index in [1.54, 1.807) is 0 Å². The van der Waals surface area contributed by atoms with Crippen molar-refractivity contribution in [2.75, 3.05) is 6.54 Å². The van der Waals surface area contributed by atoms with Gasteiger partial charge in [0.15, 0.2) is 0 Å². The van der Waals surface area contributed by atoms with Gasteiger partial charge in [-0.05, 0) is 25.3 Å². The van der Waals surface area contributed by atoms with Gasteiger partial charge in [0.2, 0.25) is 0 Å². The molecular formula is C17H27NS. The van der Waals surface area contributed by atoms with E-state index in [1.807, 2.05) is 0 Å². The molecule has 1 aliphatic carbocycles. The minimum Gasteiger partial charge on any atom is -0.313 e. The van der Waals surface area contributed by atoms with Crippen LogP contribution in [0, 0.1) is 6.92 Å². The second-order valence-corrected chi connectivity index (χ2v) is 7.28. The second-order valence-electron chi connectivity index (χ2n) is 5.85. The average Bonchev–Trinajstić information content (AvgIpc) is 2.44. The fourth-order valence-corrected chi connectivity index (χ4v) is 3.61. The van der Waals surface area contributed by atoms with Crippen LogP contribution in [-0.2, 0) is 5.75 Å². The Labute approximate surface area is 122 Å². The minimum atomic E-state index is 0.697. The van der Waals surface area contributed by atoms with Gasteiger partial charge in [0.1, 0.15) is 0 Å².